The minimum atomic E-state index is -0.173. The van der Waals surface area contributed by atoms with Crippen LogP contribution in [0.3, 0.4) is 0 Å². The number of para-hydroxylation sites is 2. The fourth-order valence-corrected chi connectivity index (χ4v) is 3.39. The molecule has 3 aromatic heterocycles. The molecule has 0 unspecified atom stereocenters. The van der Waals surface area contributed by atoms with E-state index in [2.05, 4.69) is 36.1 Å². The second-order valence-corrected chi connectivity index (χ2v) is 7.83. The molecule has 0 aliphatic heterocycles. The van der Waals surface area contributed by atoms with Gasteiger partial charge < -0.3 is 4.57 Å². The second-order valence-electron chi connectivity index (χ2n) is 7.83. The molecule has 0 fully saturated rings. The van der Waals surface area contributed by atoms with Gasteiger partial charge in [-0.15, -0.1) is 5.10 Å². The highest BCUT2D eigenvalue weighted by Crippen LogP contribution is 2.26. The lowest BCUT2D eigenvalue weighted by atomic mass is 9.93. The first-order valence-corrected chi connectivity index (χ1v) is 8.72. The first-order chi connectivity index (χ1) is 12.3. The maximum Gasteiger partial charge on any atom is 0.279 e. The molecule has 0 saturated carbocycles. The van der Waals surface area contributed by atoms with Crippen molar-refractivity contribution < 1.29 is 0 Å². The molecule has 26 heavy (non-hydrogen) atoms. The van der Waals surface area contributed by atoms with E-state index in [1.54, 1.807) is 17.2 Å². The highest BCUT2D eigenvalue weighted by molar-refractivity contribution is 5.81. The van der Waals surface area contributed by atoms with Crippen molar-refractivity contribution in [3.63, 3.8) is 0 Å². The van der Waals surface area contributed by atoms with Crippen LogP contribution in [0.4, 0.5) is 0 Å². The largest absolute Gasteiger partial charge is 0.302 e. The van der Waals surface area contributed by atoms with E-state index in [1.165, 1.54) is 0 Å². The predicted octanol–water partition coefficient (Wildman–Crippen LogP) is 3.11. The second kappa shape index (κ2) is 5.52. The zero-order valence-corrected chi connectivity index (χ0v) is 15.6. The van der Waals surface area contributed by atoms with Gasteiger partial charge in [0.05, 0.1) is 22.9 Å². The minimum absolute atomic E-state index is 0.0259. The van der Waals surface area contributed by atoms with Gasteiger partial charge in [-0.2, -0.15) is 4.68 Å². The van der Waals surface area contributed by atoms with Crippen molar-refractivity contribution in [1.29, 1.82) is 0 Å². The van der Waals surface area contributed by atoms with Crippen molar-refractivity contribution >= 4 is 16.6 Å². The molecule has 0 radical (unpaired) electrons. The van der Waals surface area contributed by atoms with E-state index in [9.17, 15) is 4.79 Å². The zero-order valence-electron chi connectivity index (χ0n) is 15.6. The quantitative estimate of drug-likeness (QED) is 0.557. The van der Waals surface area contributed by atoms with Gasteiger partial charge in [-0.1, -0.05) is 38.1 Å². The van der Waals surface area contributed by atoms with Crippen LogP contribution in [0, 0.1) is 0 Å². The van der Waals surface area contributed by atoms with Crippen molar-refractivity contribution in [2.24, 2.45) is 0 Å². The zero-order chi connectivity index (χ0) is 18.6. The van der Waals surface area contributed by atoms with Gasteiger partial charge in [0.2, 0.25) is 0 Å². The van der Waals surface area contributed by atoms with E-state index in [1.807, 2.05) is 47.1 Å². The maximum atomic E-state index is 13.4. The number of hydrogen-bond acceptors (Lipinski definition) is 4. The summed E-state index contributed by atoms with van der Waals surface area (Å²) in [7, 11) is 0. The summed E-state index contributed by atoms with van der Waals surface area (Å²) in [4.78, 5) is 17.9. The number of hydrogen-bond donors (Lipinski definition) is 0. The topological polar surface area (TPSA) is 70.0 Å². The van der Waals surface area contributed by atoms with Gasteiger partial charge in [0.15, 0.2) is 11.3 Å². The van der Waals surface area contributed by atoms with Crippen LogP contribution in [0.25, 0.3) is 22.4 Å². The molecule has 4 aromatic rings. The smallest absolute Gasteiger partial charge is 0.279 e. The Morgan fingerprint density at radius 3 is 2.42 bits per heavy atom. The lowest BCUT2D eigenvalue weighted by Crippen LogP contribution is -2.26. The van der Waals surface area contributed by atoms with E-state index in [0.717, 1.165) is 16.7 Å². The van der Waals surface area contributed by atoms with Gasteiger partial charge >= 0.3 is 0 Å². The van der Waals surface area contributed by atoms with E-state index in [-0.39, 0.29) is 17.0 Å². The highest BCUT2D eigenvalue weighted by atomic mass is 16.1. The van der Waals surface area contributed by atoms with Crippen molar-refractivity contribution in [2.75, 3.05) is 0 Å². The van der Waals surface area contributed by atoms with Gasteiger partial charge in [0, 0.05) is 11.5 Å². The molecule has 7 heteroatoms. The molecule has 0 aliphatic carbocycles. The Kier molecular flexibility index (Phi) is 3.50. The summed E-state index contributed by atoms with van der Waals surface area (Å²) < 4.78 is 5.33. The van der Waals surface area contributed by atoms with Gasteiger partial charge in [-0.25, -0.2) is 4.98 Å². The molecule has 7 nitrogen and oxygen atoms in total. The van der Waals surface area contributed by atoms with E-state index in [0.29, 0.717) is 11.3 Å². The van der Waals surface area contributed by atoms with Crippen molar-refractivity contribution in [1.82, 2.24) is 28.9 Å². The Labute approximate surface area is 150 Å². The molecular formula is C19H22N6O. The Morgan fingerprint density at radius 2 is 1.77 bits per heavy atom. The van der Waals surface area contributed by atoms with Gasteiger partial charge in [-0.05, 0) is 26.0 Å². The first kappa shape index (κ1) is 16.5. The average molecular weight is 350 g/mol. The van der Waals surface area contributed by atoms with Gasteiger partial charge in [0.25, 0.3) is 5.56 Å². The van der Waals surface area contributed by atoms with Crippen LogP contribution in [-0.2, 0) is 5.41 Å². The van der Waals surface area contributed by atoms with Crippen LogP contribution in [0.5, 0.6) is 0 Å². The lowest BCUT2D eigenvalue weighted by Gasteiger charge is -2.19. The lowest BCUT2D eigenvalue weighted by molar-refractivity contribution is 0.540. The third-order valence-electron chi connectivity index (χ3n) is 4.61. The minimum Gasteiger partial charge on any atom is -0.302 e. The molecule has 0 aliphatic rings. The van der Waals surface area contributed by atoms with Crippen molar-refractivity contribution in [2.45, 2.75) is 46.1 Å². The summed E-state index contributed by atoms with van der Waals surface area (Å²) in [5, 5.41) is 8.27. The van der Waals surface area contributed by atoms with E-state index >= 15 is 0 Å². The fourth-order valence-electron chi connectivity index (χ4n) is 3.39. The number of rotatable bonds is 2. The summed E-state index contributed by atoms with van der Waals surface area (Å²) in [6, 6.07) is 7.90. The summed E-state index contributed by atoms with van der Waals surface area (Å²) in [6.45, 7) is 10.3. The molecule has 0 N–H and O–H groups in total. The van der Waals surface area contributed by atoms with Crippen LogP contribution < -0.4 is 5.56 Å². The summed E-state index contributed by atoms with van der Waals surface area (Å²) in [5.74, 6) is 0.512. The molecule has 0 amide bonds. The monoisotopic (exact) mass is 350 g/mol. The normalized spacial score (nSPS) is 12.5. The SMILES string of the molecule is CC(C)n1c(=O)c2c(-n3nncc3C(C)(C)C)ncn2c2ccccc21. The van der Waals surface area contributed by atoms with Gasteiger partial charge in [-0.3, -0.25) is 9.20 Å². The summed E-state index contributed by atoms with van der Waals surface area (Å²) in [6.07, 6.45) is 3.42. The van der Waals surface area contributed by atoms with Crippen LogP contribution in [0.2, 0.25) is 0 Å². The van der Waals surface area contributed by atoms with Crippen molar-refractivity contribution in [3.8, 4) is 5.82 Å². The standard InChI is InChI=1S/C19H22N6O/c1-12(2)24-14-9-7-6-8-13(14)23-11-20-17(16(23)18(24)26)25-15(10-21-22-25)19(3,4)5/h6-12H,1-5H3. The molecular weight excluding hydrogens is 328 g/mol. The molecule has 4 rings (SSSR count). The third kappa shape index (κ3) is 2.27. The van der Waals surface area contributed by atoms with Gasteiger partial charge in [0.1, 0.15) is 6.33 Å². The third-order valence-corrected chi connectivity index (χ3v) is 4.61. The number of fused-ring (bicyclic) bond motifs is 3. The van der Waals surface area contributed by atoms with Crippen LogP contribution in [0.15, 0.2) is 41.6 Å². The Morgan fingerprint density at radius 1 is 1.08 bits per heavy atom. The molecule has 0 atom stereocenters. The molecule has 134 valence electrons. The molecule has 0 saturated heterocycles. The van der Waals surface area contributed by atoms with E-state index in [4.69, 9.17) is 0 Å². The number of aromatic nitrogens is 6. The van der Waals surface area contributed by atoms with Crippen LogP contribution in [-0.4, -0.2) is 28.9 Å². The Bertz CT molecular complexity index is 1170. The maximum absolute atomic E-state index is 13.4. The summed E-state index contributed by atoms with van der Waals surface area (Å²) in [5.41, 5.74) is 2.98. The number of benzene rings is 1. The molecule has 0 bridgehead atoms. The molecule has 1 aromatic carbocycles. The molecule has 3 heterocycles. The fraction of sp³-hybridized carbons (Fsp3) is 0.368. The van der Waals surface area contributed by atoms with E-state index < -0.39 is 0 Å². The summed E-state index contributed by atoms with van der Waals surface area (Å²) >= 11 is 0. The first-order valence-electron chi connectivity index (χ1n) is 8.72. The number of imidazole rings is 1. The van der Waals surface area contributed by atoms with Crippen LogP contribution >= 0.6 is 0 Å². The van der Waals surface area contributed by atoms with Crippen LogP contribution in [0.1, 0.15) is 46.4 Å². The Balaban J connectivity index is 2.16. The average Bonchev–Trinajstić information content (AvgIpc) is 3.21. The Hall–Kier alpha value is -2.96. The number of nitrogens with zero attached hydrogens (tertiary/aromatic N) is 6. The highest BCUT2D eigenvalue weighted by Gasteiger charge is 2.25. The molecule has 0 spiro atoms. The predicted molar refractivity (Wildman–Crippen MR) is 101 cm³/mol. The van der Waals surface area contributed by atoms with Crippen molar-refractivity contribution in [3.05, 3.63) is 52.8 Å².